The molecule has 4 aliphatic rings. The van der Waals surface area contributed by atoms with Gasteiger partial charge in [0.1, 0.15) is 28.6 Å². The molecule has 12 nitrogen and oxygen atoms in total. The zero-order chi connectivity index (χ0) is 27.7. The van der Waals surface area contributed by atoms with Crippen molar-refractivity contribution in [1.82, 2.24) is 10.2 Å². The Morgan fingerprint density at radius 1 is 1.26 bits per heavy atom. The molecule has 38 heavy (non-hydrogen) atoms. The number of aliphatic hydroxyl groups excluding tert-OH is 2. The Hall–Kier alpha value is -3.45. The Balaban J connectivity index is 1.71. The lowest BCUT2D eigenvalue weighted by atomic mass is 9.57. The van der Waals surface area contributed by atoms with Crippen LogP contribution in [0.15, 0.2) is 23.0 Å². The quantitative estimate of drug-likeness (QED) is 0.279. The predicted octanol–water partition coefficient (Wildman–Crippen LogP) is -0.366. The van der Waals surface area contributed by atoms with Gasteiger partial charge in [-0.05, 0) is 38.9 Å². The van der Waals surface area contributed by atoms with Crippen molar-refractivity contribution >= 4 is 23.2 Å². The maximum Gasteiger partial charge on any atom is 0.255 e. The van der Waals surface area contributed by atoms with Gasteiger partial charge in [-0.2, -0.15) is 0 Å². The van der Waals surface area contributed by atoms with E-state index in [0.29, 0.717) is 36.6 Å². The number of Topliss-reactive ketones (excluding diaryl/α,β-unsaturated/α-hetero) is 2. The molecule has 1 saturated heterocycles. The van der Waals surface area contributed by atoms with Crippen molar-refractivity contribution in [3.63, 3.8) is 0 Å². The Kier molecular flexibility index (Phi) is 6.26. The van der Waals surface area contributed by atoms with E-state index in [4.69, 9.17) is 15.2 Å². The van der Waals surface area contributed by atoms with Crippen LogP contribution in [0.2, 0.25) is 0 Å². The van der Waals surface area contributed by atoms with Gasteiger partial charge in [0.2, 0.25) is 5.78 Å². The molecule has 5 atom stereocenters. The summed E-state index contributed by atoms with van der Waals surface area (Å²) < 4.78 is 11.3. The number of phenols is 1. The van der Waals surface area contributed by atoms with Gasteiger partial charge in [-0.25, -0.2) is 0 Å². The number of hydrogen-bond donors (Lipinski definition) is 6. The van der Waals surface area contributed by atoms with E-state index in [2.05, 4.69) is 5.32 Å². The molecule has 0 spiro atoms. The van der Waals surface area contributed by atoms with Crippen LogP contribution in [0.3, 0.4) is 0 Å². The molecule has 5 rings (SSSR count). The van der Waals surface area contributed by atoms with Crippen molar-refractivity contribution in [2.75, 3.05) is 41.0 Å². The van der Waals surface area contributed by atoms with E-state index in [-0.39, 0.29) is 35.8 Å². The molecule has 1 heterocycles. The molecular formula is C26H31N3O9. The number of ketones is 2. The second-order valence-corrected chi connectivity index (χ2v) is 10.4. The first-order valence-electron chi connectivity index (χ1n) is 12.3. The van der Waals surface area contributed by atoms with Crippen molar-refractivity contribution < 1.29 is 44.3 Å². The monoisotopic (exact) mass is 529 g/mol. The third-order valence-corrected chi connectivity index (χ3v) is 8.20. The summed E-state index contributed by atoms with van der Waals surface area (Å²) in [5.74, 6) is -6.50. The number of benzene rings is 1. The van der Waals surface area contributed by atoms with Gasteiger partial charge < -0.3 is 41.0 Å². The van der Waals surface area contributed by atoms with Gasteiger partial charge in [-0.1, -0.05) is 0 Å². The molecule has 1 aromatic rings. The van der Waals surface area contributed by atoms with Crippen LogP contribution in [-0.2, 0) is 25.5 Å². The molecule has 0 radical (unpaired) electrons. The van der Waals surface area contributed by atoms with Crippen molar-refractivity contribution in [3.8, 4) is 11.5 Å². The smallest absolute Gasteiger partial charge is 0.255 e. The molecule has 1 amide bonds. The number of fused-ring (bicyclic) bond motifs is 3. The Bertz CT molecular complexity index is 1310. The lowest BCUT2D eigenvalue weighted by molar-refractivity contribution is -0.153. The van der Waals surface area contributed by atoms with Gasteiger partial charge in [0.25, 0.3) is 5.91 Å². The second-order valence-electron chi connectivity index (χ2n) is 10.4. The van der Waals surface area contributed by atoms with Crippen molar-refractivity contribution in [3.05, 3.63) is 39.7 Å². The number of aliphatic hydroxyl groups is 3. The zero-order valence-electron chi connectivity index (χ0n) is 21.3. The molecule has 12 heteroatoms. The number of hydrogen-bond acceptors (Lipinski definition) is 11. The Labute approximate surface area is 218 Å². The number of primary amides is 1. The van der Waals surface area contributed by atoms with Crippen LogP contribution >= 0.6 is 0 Å². The molecule has 1 unspecified atom stereocenters. The average molecular weight is 530 g/mol. The third-order valence-electron chi connectivity index (χ3n) is 8.20. The highest BCUT2D eigenvalue weighted by Crippen LogP contribution is 2.54. The number of nitrogens with one attached hydrogen (secondary N) is 1. The summed E-state index contributed by atoms with van der Waals surface area (Å²) in [6.45, 7) is 1.49. The first-order valence-corrected chi connectivity index (χ1v) is 12.3. The van der Waals surface area contributed by atoms with Gasteiger partial charge in [0, 0.05) is 29.2 Å². The van der Waals surface area contributed by atoms with Crippen LogP contribution in [-0.4, -0.2) is 95.4 Å². The molecule has 7 N–H and O–H groups in total. The summed E-state index contributed by atoms with van der Waals surface area (Å²) in [6, 6.07) is 0.0251. The number of phenolic OH excluding ortho intramolecular Hbond substituents is 1. The summed E-state index contributed by atoms with van der Waals surface area (Å²) in [5.41, 5.74) is 2.71. The summed E-state index contributed by atoms with van der Waals surface area (Å²) in [6.07, 6.45) is 0.150. The first-order chi connectivity index (χ1) is 17.9. The van der Waals surface area contributed by atoms with Crippen molar-refractivity contribution in [1.29, 1.82) is 0 Å². The molecule has 1 saturated carbocycles. The Morgan fingerprint density at radius 3 is 2.55 bits per heavy atom. The number of carbonyl (C=O) groups excluding carboxylic acids is 3. The lowest BCUT2D eigenvalue weighted by Gasteiger charge is -2.50. The fourth-order valence-corrected chi connectivity index (χ4v) is 6.58. The number of nitrogens with zero attached hydrogens (tertiary/aromatic N) is 1. The highest BCUT2D eigenvalue weighted by atomic mass is 16.5. The first kappa shape index (κ1) is 26.2. The average Bonchev–Trinajstić information content (AvgIpc) is 2.86. The highest BCUT2D eigenvalue weighted by Gasteiger charge is 2.64. The van der Waals surface area contributed by atoms with Crippen LogP contribution in [0.4, 0.5) is 0 Å². The van der Waals surface area contributed by atoms with Crippen LogP contribution in [0.25, 0.3) is 5.76 Å². The van der Waals surface area contributed by atoms with Gasteiger partial charge in [-0.15, -0.1) is 0 Å². The maximum absolute atomic E-state index is 13.9. The van der Waals surface area contributed by atoms with Crippen LogP contribution in [0.5, 0.6) is 11.5 Å². The number of carbonyl (C=O) groups is 3. The van der Waals surface area contributed by atoms with E-state index in [0.717, 1.165) is 0 Å². The summed E-state index contributed by atoms with van der Waals surface area (Å²) in [7, 11) is 4.58. The minimum atomic E-state index is -2.67. The van der Waals surface area contributed by atoms with Crippen LogP contribution < -0.4 is 15.8 Å². The van der Waals surface area contributed by atoms with Crippen LogP contribution in [0, 0.1) is 11.8 Å². The SMILES string of the molecule is COc1c(C2COCCN2)cc(O)c2c1C[C@H]1C[C@H]3[C@H](N(C)C)C(=O)C(C(N)=O)=C(O)[C@@]3(O)C(=O)C1=C2O. The summed E-state index contributed by atoms with van der Waals surface area (Å²) >= 11 is 0. The third kappa shape index (κ3) is 3.48. The van der Waals surface area contributed by atoms with E-state index in [1.165, 1.54) is 18.1 Å². The molecule has 0 aromatic heterocycles. The van der Waals surface area contributed by atoms with E-state index in [1.54, 1.807) is 14.1 Å². The molecule has 1 aromatic carbocycles. The fourth-order valence-electron chi connectivity index (χ4n) is 6.58. The molecule has 204 valence electrons. The maximum atomic E-state index is 13.9. The number of methoxy groups -OCH3 is 1. The molecule has 2 fully saturated rings. The zero-order valence-corrected chi connectivity index (χ0v) is 21.3. The topological polar surface area (TPSA) is 192 Å². The highest BCUT2D eigenvalue weighted by molar-refractivity contribution is 6.24. The van der Waals surface area contributed by atoms with Crippen molar-refractivity contribution in [2.24, 2.45) is 17.6 Å². The predicted molar refractivity (Wildman–Crippen MR) is 132 cm³/mol. The molecule has 3 aliphatic carbocycles. The van der Waals surface area contributed by atoms with E-state index in [9.17, 15) is 34.8 Å². The number of likely N-dealkylation sites (N-methyl/N-ethyl adjacent to an activating group) is 1. The number of morpholine rings is 1. The van der Waals surface area contributed by atoms with E-state index in [1.807, 2.05) is 0 Å². The minimum Gasteiger partial charge on any atom is -0.508 e. The van der Waals surface area contributed by atoms with Crippen LogP contribution in [0.1, 0.15) is 29.2 Å². The number of rotatable bonds is 4. The van der Waals surface area contributed by atoms with Gasteiger partial charge in [0.05, 0.1) is 38.0 Å². The standard InChI is InChI=1S/C26H31N3O9/c1-29(2)19-13-7-10-6-12-17(15(30)8-11(22(12)37-3)14-9-38-5-4-28-14)20(31)16(10)23(33)26(13,36)24(34)18(21(19)32)25(27)35/h8,10,13-14,19,28,30-31,34,36H,4-7,9H2,1-3H3,(H2,27,35)/t10-,13-,14?,19-,26-/m0/s1. The number of amides is 1. The summed E-state index contributed by atoms with van der Waals surface area (Å²) in [4.78, 5) is 40.6. The molecule has 1 aliphatic heterocycles. The van der Waals surface area contributed by atoms with Gasteiger partial charge in [-0.3, -0.25) is 19.3 Å². The van der Waals surface area contributed by atoms with Gasteiger partial charge >= 0.3 is 0 Å². The fraction of sp³-hybridized carbons (Fsp3) is 0.500. The van der Waals surface area contributed by atoms with Crippen molar-refractivity contribution in [2.45, 2.75) is 30.5 Å². The van der Waals surface area contributed by atoms with E-state index < -0.39 is 58.0 Å². The largest absolute Gasteiger partial charge is 0.508 e. The normalized spacial score (nSPS) is 31.2. The summed E-state index contributed by atoms with van der Waals surface area (Å²) in [5, 5.41) is 48.2. The molecular weight excluding hydrogens is 498 g/mol. The van der Waals surface area contributed by atoms with E-state index >= 15 is 0 Å². The molecule has 0 bridgehead atoms. The lowest BCUT2D eigenvalue weighted by Crippen LogP contribution is -2.65. The number of ether oxygens (including phenoxy) is 2. The number of nitrogens with two attached hydrogens (primary N) is 1. The van der Waals surface area contributed by atoms with Gasteiger partial charge in [0.15, 0.2) is 11.4 Å². The minimum absolute atomic E-state index is 0.00466. The Morgan fingerprint density at radius 2 is 1.97 bits per heavy atom. The second kappa shape index (κ2) is 9.09. The number of aromatic hydroxyl groups is 1.